The van der Waals surface area contributed by atoms with Crippen LogP contribution in [0.2, 0.25) is 0 Å². The Morgan fingerprint density at radius 2 is 2.44 bits per heavy atom. The van der Waals surface area contributed by atoms with Gasteiger partial charge in [-0.2, -0.15) is 0 Å². The smallest absolute Gasteiger partial charge is 0.307 e. The summed E-state index contributed by atoms with van der Waals surface area (Å²) in [4.78, 5) is 15.1. The first-order valence-electron chi connectivity index (χ1n) is 5.53. The van der Waals surface area contributed by atoms with Crippen molar-refractivity contribution in [1.82, 2.24) is 10.3 Å². The van der Waals surface area contributed by atoms with E-state index in [1.54, 1.807) is 6.20 Å². The molecule has 0 aliphatic heterocycles. The zero-order valence-corrected chi connectivity index (χ0v) is 9.77. The molecular weight excluding hydrogens is 204 g/mol. The first kappa shape index (κ1) is 12.6. The summed E-state index contributed by atoms with van der Waals surface area (Å²) in [7, 11) is 0. The summed E-state index contributed by atoms with van der Waals surface area (Å²) < 4.78 is 4.84. The van der Waals surface area contributed by atoms with E-state index in [-0.39, 0.29) is 12.0 Å². The molecule has 0 aromatic carbocycles. The van der Waals surface area contributed by atoms with Crippen molar-refractivity contribution in [2.24, 2.45) is 0 Å². The minimum atomic E-state index is -0.159. The number of esters is 1. The molecule has 1 atom stereocenters. The van der Waals surface area contributed by atoms with E-state index in [2.05, 4.69) is 10.3 Å². The monoisotopic (exact) mass is 222 g/mol. The van der Waals surface area contributed by atoms with E-state index in [1.807, 2.05) is 32.2 Å². The van der Waals surface area contributed by atoms with E-state index >= 15 is 0 Å². The number of hydrogen-bond donors (Lipinski definition) is 1. The molecule has 88 valence electrons. The van der Waals surface area contributed by atoms with E-state index < -0.39 is 0 Å². The molecule has 0 spiro atoms. The lowest BCUT2D eigenvalue weighted by atomic mass is 10.1. The lowest BCUT2D eigenvalue weighted by Crippen LogP contribution is -2.22. The highest BCUT2D eigenvalue weighted by Gasteiger charge is 2.06. The molecule has 0 radical (unpaired) electrons. The molecule has 4 nitrogen and oxygen atoms in total. The maximum atomic E-state index is 11.1. The summed E-state index contributed by atoms with van der Waals surface area (Å²) in [5, 5.41) is 3.25. The van der Waals surface area contributed by atoms with Crippen molar-refractivity contribution >= 4 is 5.97 Å². The van der Waals surface area contributed by atoms with Gasteiger partial charge in [-0.1, -0.05) is 6.07 Å². The molecule has 1 heterocycles. The average Bonchev–Trinajstić information content (AvgIpc) is 2.30. The van der Waals surface area contributed by atoms with Gasteiger partial charge in [0.1, 0.15) is 0 Å². The van der Waals surface area contributed by atoms with Crippen LogP contribution in [0.25, 0.3) is 0 Å². The Hall–Kier alpha value is -1.42. The van der Waals surface area contributed by atoms with Crippen LogP contribution in [0.5, 0.6) is 0 Å². The van der Waals surface area contributed by atoms with Gasteiger partial charge in [-0.3, -0.25) is 9.78 Å². The van der Waals surface area contributed by atoms with Crippen LogP contribution >= 0.6 is 0 Å². The van der Waals surface area contributed by atoms with E-state index in [9.17, 15) is 4.79 Å². The molecule has 0 saturated heterocycles. The molecule has 0 aliphatic carbocycles. The minimum Gasteiger partial charge on any atom is -0.466 e. The molecule has 1 rings (SSSR count). The number of rotatable bonds is 6. The third-order valence-corrected chi connectivity index (χ3v) is 2.27. The summed E-state index contributed by atoms with van der Waals surface area (Å²) in [6.45, 7) is 4.91. The van der Waals surface area contributed by atoms with Crippen LogP contribution in [0.3, 0.4) is 0 Å². The average molecular weight is 222 g/mol. The second-order valence-electron chi connectivity index (χ2n) is 3.52. The number of carbonyl (C=O) groups excluding carboxylic acids is 1. The fourth-order valence-corrected chi connectivity index (χ4v) is 1.37. The molecular formula is C12H18N2O2. The van der Waals surface area contributed by atoms with Gasteiger partial charge in [-0.15, -0.1) is 0 Å². The summed E-state index contributed by atoms with van der Waals surface area (Å²) in [5.41, 5.74) is 1.12. The number of pyridine rings is 1. The quantitative estimate of drug-likeness (QED) is 0.744. The van der Waals surface area contributed by atoms with Gasteiger partial charge >= 0.3 is 5.97 Å². The maximum Gasteiger partial charge on any atom is 0.307 e. The SMILES string of the molecule is CCOC(=O)CCN[C@H](C)c1cccnc1. The van der Waals surface area contributed by atoms with Crippen LogP contribution in [0, 0.1) is 0 Å². The number of ether oxygens (including phenoxy) is 1. The van der Waals surface area contributed by atoms with Crippen molar-refractivity contribution in [3.63, 3.8) is 0 Å². The van der Waals surface area contributed by atoms with E-state index in [0.717, 1.165) is 5.56 Å². The van der Waals surface area contributed by atoms with Crippen LogP contribution in [0.4, 0.5) is 0 Å². The highest BCUT2D eigenvalue weighted by Crippen LogP contribution is 2.09. The Morgan fingerprint density at radius 3 is 3.06 bits per heavy atom. The van der Waals surface area contributed by atoms with Crippen molar-refractivity contribution < 1.29 is 9.53 Å². The number of aromatic nitrogens is 1. The van der Waals surface area contributed by atoms with Crippen molar-refractivity contribution in [3.05, 3.63) is 30.1 Å². The van der Waals surface area contributed by atoms with E-state index in [0.29, 0.717) is 19.6 Å². The molecule has 1 aromatic heterocycles. The second-order valence-corrected chi connectivity index (χ2v) is 3.52. The highest BCUT2D eigenvalue weighted by molar-refractivity contribution is 5.69. The largest absolute Gasteiger partial charge is 0.466 e. The second kappa shape index (κ2) is 6.95. The normalized spacial score (nSPS) is 12.1. The van der Waals surface area contributed by atoms with Crippen LogP contribution in [0.1, 0.15) is 31.9 Å². The third kappa shape index (κ3) is 4.40. The zero-order chi connectivity index (χ0) is 11.8. The van der Waals surface area contributed by atoms with Gasteiger partial charge in [0.05, 0.1) is 13.0 Å². The van der Waals surface area contributed by atoms with Crippen molar-refractivity contribution in [2.75, 3.05) is 13.2 Å². The van der Waals surface area contributed by atoms with Crippen LogP contribution in [-0.4, -0.2) is 24.1 Å². The molecule has 1 aromatic rings. The summed E-state index contributed by atoms with van der Waals surface area (Å²) in [5.74, 6) is -0.159. The predicted molar refractivity (Wildman–Crippen MR) is 61.9 cm³/mol. The minimum absolute atomic E-state index is 0.159. The van der Waals surface area contributed by atoms with E-state index in [4.69, 9.17) is 4.74 Å². The van der Waals surface area contributed by atoms with Crippen molar-refractivity contribution in [2.45, 2.75) is 26.3 Å². The standard InChI is InChI=1S/C12H18N2O2/c1-3-16-12(15)6-8-14-10(2)11-5-4-7-13-9-11/h4-5,7,9-10,14H,3,6,8H2,1-2H3/t10-/m1/s1. The number of carbonyl (C=O) groups is 1. The number of nitrogens with one attached hydrogen (secondary N) is 1. The lowest BCUT2D eigenvalue weighted by molar-refractivity contribution is -0.143. The van der Waals surface area contributed by atoms with Gasteiger partial charge in [0.2, 0.25) is 0 Å². The van der Waals surface area contributed by atoms with Crippen LogP contribution in [0.15, 0.2) is 24.5 Å². The maximum absolute atomic E-state index is 11.1. The summed E-state index contributed by atoms with van der Waals surface area (Å²) >= 11 is 0. The third-order valence-electron chi connectivity index (χ3n) is 2.27. The highest BCUT2D eigenvalue weighted by atomic mass is 16.5. The van der Waals surface area contributed by atoms with Crippen LogP contribution < -0.4 is 5.32 Å². The molecule has 4 heteroatoms. The van der Waals surface area contributed by atoms with Crippen molar-refractivity contribution in [1.29, 1.82) is 0 Å². The van der Waals surface area contributed by atoms with Gasteiger partial charge in [0.15, 0.2) is 0 Å². The topological polar surface area (TPSA) is 51.2 Å². The van der Waals surface area contributed by atoms with E-state index in [1.165, 1.54) is 0 Å². The van der Waals surface area contributed by atoms with Gasteiger partial charge in [0, 0.05) is 25.0 Å². The fraction of sp³-hybridized carbons (Fsp3) is 0.500. The first-order chi connectivity index (χ1) is 7.74. The Bertz CT molecular complexity index is 314. The molecule has 1 N–H and O–H groups in total. The Morgan fingerprint density at radius 1 is 1.62 bits per heavy atom. The summed E-state index contributed by atoms with van der Waals surface area (Å²) in [6, 6.07) is 4.11. The molecule has 0 fully saturated rings. The Kier molecular flexibility index (Phi) is 5.50. The predicted octanol–water partition coefficient (Wildman–Crippen LogP) is 1.69. The first-order valence-corrected chi connectivity index (χ1v) is 5.53. The summed E-state index contributed by atoms with van der Waals surface area (Å²) in [6.07, 6.45) is 3.97. The van der Waals surface area contributed by atoms with Gasteiger partial charge < -0.3 is 10.1 Å². The van der Waals surface area contributed by atoms with Crippen LogP contribution in [-0.2, 0) is 9.53 Å². The molecule has 0 aliphatic rings. The molecule has 0 unspecified atom stereocenters. The molecule has 0 bridgehead atoms. The van der Waals surface area contributed by atoms with Gasteiger partial charge in [-0.25, -0.2) is 0 Å². The molecule has 16 heavy (non-hydrogen) atoms. The Labute approximate surface area is 96.0 Å². The lowest BCUT2D eigenvalue weighted by Gasteiger charge is -2.13. The number of nitrogens with zero attached hydrogens (tertiary/aromatic N) is 1. The van der Waals surface area contributed by atoms with Gasteiger partial charge in [-0.05, 0) is 25.5 Å². The molecule has 0 saturated carbocycles. The molecule has 0 amide bonds. The Balaban J connectivity index is 2.26. The number of hydrogen-bond acceptors (Lipinski definition) is 4. The fourth-order valence-electron chi connectivity index (χ4n) is 1.37. The zero-order valence-electron chi connectivity index (χ0n) is 9.77. The van der Waals surface area contributed by atoms with Gasteiger partial charge in [0.25, 0.3) is 0 Å². The van der Waals surface area contributed by atoms with Crippen molar-refractivity contribution in [3.8, 4) is 0 Å².